The molecule has 2 fully saturated rings. The van der Waals surface area contributed by atoms with Gasteiger partial charge in [0.1, 0.15) is 23.7 Å². The van der Waals surface area contributed by atoms with E-state index in [-0.39, 0.29) is 31.9 Å². The summed E-state index contributed by atoms with van der Waals surface area (Å²) in [6.07, 6.45) is 0.105. The molecule has 2 saturated heterocycles. The van der Waals surface area contributed by atoms with Crippen LogP contribution in [-0.4, -0.2) is 130 Å². The summed E-state index contributed by atoms with van der Waals surface area (Å²) in [7, 11) is 0. The van der Waals surface area contributed by atoms with Crippen molar-refractivity contribution in [1.82, 2.24) is 26.2 Å². The third-order valence-corrected chi connectivity index (χ3v) is 7.89. The van der Waals surface area contributed by atoms with E-state index in [1.54, 1.807) is 44.2 Å². The molecule has 0 radical (unpaired) electrons. The molecule has 0 bridgehead atoms. The van der Waals surface area contributed by atoms with Gasteiger partial charge in [0.2, 0.25) is 23.6 Å². The summed E-state index contributed by atoms with van der Waals surface area (Å²) >= 11 is 0. The van der Waals surface area contributed by atoms with Crippen LogP contribution in [0.2, 0.25) is 0 Å². The summed E-state index contributed by atoms with van der Waals surface area (Å²) in [5, 5.41) is 9.48. The maximum Gasteiger partial charge on any atom is 0.345 e. The Morgan fingerprint density at radius 2 is 1.30 bits per heavy atom. The van der Waals surface area contributed by atoms with Gasteiger partial charge < -0.3 is 40.2 Å². The van der Waals surface area contributed by atoms with Crippen LogP contribution in [0.1, 0.15) is 32.8 Å². The fourth-order valence-corrected chi connectivity index (χ4v) is 5.10. The molecule has 0 spiro atoms. The number of halogens is 4. The van der Waals surface area contributed by atoms with E-state index in [9.17, 15) is 41.5 Å². The van der Waals surface area contributed by atoms with Gasteiger partial charge in [-0.05, 0) is 24.8 Å². The summed E-state index contributed by atoms with van der Waals surface area (Å²) in [5.41, 5.74) is -0.512. The summed E-state index contributed by atoms with van der Waals surface area (Å²) in [5.74, 6) is -4.38. The Labute approximate surface area is 287 Å². The number of ether oxygens (including phenoxy) is 4. The van der Waals surface area contributed by atoms with E-state index < -0.39 is 85.6 Å². The number of morpholine rings is 1. The van der Waals surface area contributed by atoms with E-state index in [0.717, 1.165) is 0 Å². The maximum absolute atomic E-state index is 13.6. The summed E-state index contributed by atoms with van der Waals surface area (Å²) in [4.78, 5) is 68.0. The van der Waals surface area contributed by atoms with Crippen LogP contribution in [0.5, 0.6) is 0 Å². The highest BCUT2D eigenvalue weighted by atomic mass is 19.3. The molecule has 14 nitrogen and oxygen atoms in total. The van der Waals surface area contributed by atoms with Crippen LogP contribution >= 0.6 is 0 Å². The number of hydrogen-bond acceptors (Lipinski definition) is 10. The largest absolute Gasteiger partial charge is 0.379 e. The normalized spacial score (nSPS) is 20.1. The smallest absolute Gasteiger partial charge is 0.345 e. The first-order valence-corrected chi connectivity index (χ1v) is 16.2. The van der Waals surface area contributed by atoms with Crippen molar-refractivity contribution in [3.8, 4) is 0 Å². The number of epoxide rings is 1. The molecular weight excluding hydrogens is 674 g/mol. The van der Waals surface area contributed by atoms with Crippen LogP contribution < -0.4 is 21.3 Å². The molecule has 280 valence electrons. The molecule has 50 heavy (non-hydrogen) atoms. The van der Waals surface area contributed by atoms with Crippen molar-refractivity contribution in [3.63, 3.8) is 0 Å². The molecule has 4 amide bonds. The number of rotatable bonds is 21. The average Bonchev–Trinajstić information content (AvgIpc) is 3.82. The van der Waals surface area contributed by atoms with Crippen LogP contribution in [0.25, 0.3) is 0 Å². The molecule has 0 saturated carbocycles. The van der Waals surface area contributed by atoms with Gasteiger partial charge >= 0.3 is 13.2 Å². The van der Waals surface area contributed by atoms with Crippen molar-refractivity contribution in [2.75, 3.05) is 52.7 Å². The Hall–Kier alpha value is -3.71. The fourth-order valence-electron chi connectivity index (χ4n) is 5.10. The molecule has 0 unspecified atom stereocenters. The minimum Gasteiger partial charge on any atom is -0.379 e. The Morgan fingerprint density at radius 3 is 1.78 bits per heavy atom. The third-order valence-electron chi connectivity index (χ3n) is 7.89. The number of carbonyl (C=O) groups excluding carboxylic acids is 5. The molecule has 5 atom stereocenters. The van der Waals surface area contributed by atoms with Crippen molar-refractivity contribution >= 4 is 29.4 Å². The molecule has 2 heterocycles. The molecule has 4 N–H and O–H groups in total. The number of amides is 4. The average molecular weight is 720 g/mol. The monoisotopic (exact) mass is 719 g/mol. The Kier molecular flexibility index (Phi) is 16.0. The molecule has 0 aliphatic carbocycles. The SMILES string of the molecule is CC(C)C[C@H](NC(=O)[C@H](COC(F)F)NC(=O)[C@H](COC(F)F)NC(=O)[C@H](Cc1ccccc1)NC(=O)CN1CCOCC1)C(=O)[C@@]1(C)CO1. The topological polar surface area (TPSA) is 177 Å². The molecule has 2 aliphatic rings. The molecule has 0 aromatic heterocycles. The minimum absolute atomic E-state index is 0.0489. The number of nitrogens with zero attached hydrogens (tertiary/aromatic N) is 1. The summed E-state index contributed by atoms with van der Waals surface area (Å²) in [6, 6.07) is 2.39. The van der Waals surface area contributed by atoms with Gasteiger partial charge in [-0.25, -0.2) is 0 Å². The lowest BCUT2D eigenvalue weighted by atomic mass is 9.93. The lowest BCUT2D eigenvalue weighted by Gasteiger charge is -2.28. The Bertz CT molecular complexity index is 1280. The Morgan fingerprint density at radius 1 is 0.800 bits per heavy atom. The molecular formula is C32H45F4N5O9. The van der Waals surface area contributed by atoms with Gasteiger partial charge in [0.15, 0.2) is 5.78 Å². The first-order valence-electron chi connectivity index (χ1n) is 16.2. The second-order valence-corrected chi connectivity index (χ2v) is 12.6. The number of nitrogens with one attached hydrogen (secondary N) is 4. The number of ketones is 1. The van der Waals surface area contributed by atoms with Gasteiger partial charge in [0.05, 0.1) is 45.6 Å². The second-order valence-electron chi connectivity index (χ2n) is 12.6. The highest BCUT2D eigenvalue weighted by molar-refractivity contribution is 5.98. The van der Waals surface area contributed by atoms with E-state index in [0.29, 0.717) is 31.9 Å². The fraction of sp³-hybridized carbons (Fsp3) is 0.656. The van der Waals surface area contributed by atoms with Crippen LogP contribution in [-0.2, 0) is 49.3 Å². The third kappa shape index (κ3) is 13.9. The van der Waals surface area contributed by atoms with Gasteiger partial charge in [0, 0.05) is 19.5 Å². The first kappa shape index (κ1) is 40.7. The van der Waals surface area contributed by atoms with Gasteiger partial charge in [-0.2, -0.15) is 17.6 Å². The maximum atomic E-state index is 13.6. The van der Waals surface area contributed by atoms with E-state index in [1.165, 1.54) is 6.92 Å². The lowest BCUT2D eigenvalue weighted by molar-refractivity contribution is -0.154. The van der Waals surface area contributed by atoms with Crippen LogP contribution in [0.15, 0.2) is 30.3 Å². The first-order chi connectivity index (χ1) is 23.7. The number of carbonyl (C=O) groups is 5. The second kappa shape index (κ2) is 19.6. The van der Waals surface area contributed by atoms with Crippen molar-refractivity contribution in [2.45, 2.75) is 76.6 Å². The highest BCUT2D eigenvalue weighted by Gasteiger charge is 2.50. The summed E-state index contributed by atoms with van der Waals surface area (Å²) < 4.78 is 71.4. The quantitative estimate of drug-likeness (QED) is 0.103. The van der Waals surface area contributed by atoms with Gasteiger partial charge in [0.25, 0.3) is 0 Å². The Balaban J connectivity index is 1.78. The van der Waals surface area contributed by atoms with Gasteiger partial charge in [-0.1, -0.05) is 44.2 Å². The van der Waals surface area contributed by atoms with Gasteiger partial charge in [-0.15, -0.1) is 0 Å². The van der Waals surface area contributed by atoms with Crippen LogP contribution in [0, 0.1) is 5.92 Å². The van der Waals surface area contributed by atoms with Crippen molar-refractivity contribution in [1.29, 1.82) is 0 Å². The predicted molar refractivity (Wildman–Crippen MR) is 168 cm³/mol. The van der Waals surface area contributed by atoms with Crippen LogP contribution in [0.3, 0.4) is 0 Å². The zero-order chi connectivity index (χ0) is 36.8. The predicted octanol–water partition coefficient (Wildman–Crippen LogP) is 0.383. The standard InChI is InChI=1S/C32H45F4N5O9/c1-19(2)13-21(26(43)32(3)18-50-32)38-28(45)23(16-48-30(33)34)40-29(46)24(17-49-31(35)36)39-27(44)22(14-20-7-5-4-6-8-20)37-25(42)15-41-9-11-47-12-10-41/h4-8,19,21-24,30-31H,9-18H2,1-3H3,(H,37,42)(H,38,45)(H,39,44)(H,40,46)/t21-,22-,23-,24-,32+/m0/s1. The molecule has 18 heteroatoms. The van der Waals surface area contributed by atoms with E-state index in [1.807, 2.05) is 4.90 Å². The zero-order valence-electron chi connectivity index (χ0n) is 28.1. The minimum atomic E-state index is -3.37. The molecule has 1 aromatic carbocycles. The molecule has 2 aliphatic heterocycles. The number of Topliss-reactive ketones (excluding diaryl/α,β-unsaturated/α-hetero) is 1. The highest BCUT2D eigenvalue weighted by Crippen LogP contribution is 2.29. The number of hydrogen-bond donors (Lipinski definition) is 4. The zero-order valence-corrected chi connectivity index (χ0v) is 28.1. The van der Waals surface area contributed by atoms with E-state index >= 15 is 0 Å². The van der Waals surface area contributed by atoms with Crippen LogP contribution in [0.4, 0.5) is 17.6 Å². The van der Waals surface area contributed by atoms with Gasteiger partial charge in [-0.3, -0.25) is 28.9 Å². The number of benzene rings is 1. The van der Waals surface area contributed by atoms with Crippen molar-refractivity contribution < 1.29 is 60.5 Å². The molecule has 1 aromatic rings. The lowest BCUT2D eigenvalue weighted by Crippen LogP contribution is -2.60. The number of alkyl halides is 4. The molecule has 3 rings (SSSR count). The van der Waals surface area contributed by atoms with E-state index in [4.69, 9.17) is 9.47 Å². The van der Waals surface area contributed by atoms with E-state index in [2.05, 4.69) is 30.7 Å². The van der Waals surface area contributed by atoms with Crippen molar-refractivity contribution in [3.05, 3.63) is 35.9 Å². The van der Waals surface area contributed by atoms with Crippen molar-refractivity contribution in [2.24, 2.45) is 5.92 Å². The summed E-state index contributed by atoms with van der Waals surface area (Å²) in [6.45, 7) is -1.92.